The van der Waals surface area contributed by atoms with Gasteiger partial charge in [0.05, 0.1) is 4.90 Å². The van der Waals surface area contributed by atoms with Gasteiger partial charge in [0.25, 0.3) is 15.9 Å². The van der Waals surface area contributed by atoms with Crippen molar-refractivity contribution in [2.75, 3.05) is 0 Å². The fourth-order valence-corrected chi connectivity index (χ4v) is 2.42. The summed E-state index contributed by atoms with van der Waals surface area (Å²) in [7, 11) is -3.81. The number of sulfonamides is 1. The summed E-state index contributed by atoms with van der Waals surface area (Å²) in [4.78, 5) is 11.8. The van der Waals surface area contributed by atoms with Crippen LogP contribution in [-0.2, 0) is 10.0 Å². The summed E-state index contributed by atoms with van der Waals surface area (Å²) >= 11 is 0. The van der Waals surface area contributed by atoms with Gasteiger partial charge in [-0.3, -0.25) is 4.79 Å². The molecule has 0 radical (unpaired) electrons. The molecule has 6 heteroatoms. The van der Waals surface area contributed by atoms with E-state index >= 15 is 0 Å². The Morgan fingerprint density at radius 1 is 0.842 bits per heavy atom. The van der Waals surface area contributed by atoms with E-state index in [-0.39, 0.29) is 56.3 Å². The van der Waals surface area contributed by atoms with Crippen molar-refractivity contribution in [2.45, 2.75) is 4.90 Å². The number of nitrogens with one attached hydrogen (secondary N) is 1. The van der Waals surface area contributed by atoms with Crippen LogP contribution in [0.15, 0.2) is 65.6 Å². The monoisotopic (exact) mass is 301 g/mol. The van der Waals surface area contributed by atoms with E-state index < -0.39 is 15.9 Å². The molecule has 0 atom stereocenters. The molecule has 0 spiro atoms. The Morgan fingerprint density at radius 2 is 1.32 bits per heavy atom. The van der Waals surface area contributed by atoms with E-state index in [9.17, 15) is 13.2 Å². The molecule has 0 saturated heterocycles. The van der Waals surface area contributed by atoms with E-state index in [2.05, 4.69) is 0 Å². The molecular weight excluding hydrogens is 289 g/mol. The van der Waals surface area contributed by atoms with Crippen LogP contribution in [0.1, 0.15) is 10.4 Å². The van der Waals surface area contributed by atoms with Crippen LogP contribution >= 0.6 is 0 Å². The zero-order valence-corrected chi connectivity index (χ0v) is 10.2. The van der Waals surface area contributed by atoms with E-state index in [1.807, 2.05) is 4.72 Å². The van der Waals surface area contributed by atoms with Crippen LogP contribution in [-0.4, -0.2) is 65.7 Å². The van der Waals surface area contributed by atoms with Crippen LogP contribution in [0.3, 0.4) is 0 Å². The van der Waals surface area contributed by atoms with Crippen LogP contribution in [0.4, 0.5) is 0 Å². The van der Waals surface area contributed by atoms with E-state index in [0.717, 1.165) is 0 Å². The normalized spacial score (nSPS) is 10.3. The van der Waals surface area contributed by atoms with Gasteiger partial charge in [0.15, 0.2) is 0 Å². The minimum absolute atomic E-state index is 0. The van der Waals surface area contributed by atoms with Crippen molar-refractivity contribution >= 4 is 67.3 Å². The fourth-order valence-electron chi connectivity index (χ4n) is 1.43. The summed E-state index contributed by atoms with van der Waals surface area (Å²) in [6.45, 7) is 0. The van der Waals surface area contributed by atoms with Crippen LogP contribution in [0.5, 0.6) is 0 Å². The molecule has 0 aromatic heterocycles. The number of hydrogen-bond acceptors (Lipinski definition) is 3. The zero-order chi connectivity index (χ0) is 13.0. The molecule has 0 unspecified atom stereocenters. The van der Waals surface area contributed by atoms with Crippen molar-refractivity contribution in [3.8, 4) is 0 Å². The third kappa shape index (κ3) is 4.52. The first kappa shape index (κ1) is 16.6. The molecule has 0 aliphatic carbocycles. The van der Waals surface area contributed by atoms with Crippen LogP contribution in [0.2, 0.25) is 0 Å². The Kier molecular flexibility index (Phi) is 6.38. The SMILES string of the molecule is O=C(NS(=O)(=O)c1ccccc1)c1ccccc1.[KH]. The van der Waals surface area contributed by atoms with Gasteiger partial charge in [-0.1, -0.05) is 36.4 Å². The Labute approximate surface area is 154 Å². The molecule has 0 fully saturated rings. The molecule has 2 aromatic carbocycles. The summed E-state index contributed by atoms with van der Waals surface area (Å²) in [5, 5.41) is 0. The molecule has 0 aliphatic heterocycles. The molecule has 2 rings (SSSR count). The molecule has 94 valence electrons. The summed E-state index contributed by atoms with van der Waals surface area (Å²) in [5.74, 6) is -0.639. The molecule has 2 aromatic rings. The topological polar surface area (TPSA) is 63.2 Å². The van der Waals surface area contributed by atoms with E-state index in [0.29, 0.717) is 5.56 Å². The Hall–Kier alpha value is -0.504. The number of amides is 1. The van der Waals surface area contributed by atoms with E-state index in [1.165, 1.54) is 12.1 Å². The predicted octanol–water partition coefficient (Wildman–Crippen LogP) is 1.16. The van der Waals surface area contributed by atoms with Gasteiger partial charge in [0.2, 0.25) is 0 Å². The number of rotatable bonds is 3. The Bertz CT molecular complexity index is 642. The van der Waals surface area contributed by atoms with Gasteiger partial charge in [-0.15, -0.1) is 0 Å². The van der Waals surface area contributed by atoms with Crippen molar-refractivity contribution in [2.24, 2.45) is 0 Å². The van der Waals surface area contributed by atoms with Gasteiger partial charge >= 0.3 is 51.4 Å². The third-order valence-electron chi connectivity index (χ3n) is 2.32. The van der Waals surface area contributed by atoms with Crippen LogP contribution in [0.25, 0.3) is 0 Å². The quantitative estimate of drug-likeness (QED) is 0.865. The first-order valence-electron chi connectivity index (χ1n) is 5.27. The molecule has 0 saturated carbocycles. The van der Waals surface area contributed by atoms with Gasteiger partial charge in [0.1, 0.15) is 0 Å². The van der Waals surface area contributed by atoms with Crippen LogP contribution < -0.4 is 4.72 Å². The van der Waals surface area contributed by atoms with Gasteiger partial charge in [0, 0.05) is 5.56 Å². The second kappa shape index (κ2) is 7.32. The molecular formula is C13H12KNO3S. The summed E-state index contributed by atoms with van der Waals surface area (Å²) in [5.41, 5.74) is 0.303. The van der Waals surface area contributed by atoms with Crippen molar-refractivity contribution in [1.82, 2.24) is 4.72 Å². The average molecular weight is 301 g/mol. The Balaban J connectivity index is 0.00000180. The zero-order valence-electron chi connectivity index (χ0n) is 9.41. The van der Waals surface area contributed by atoms with E-state index in [1.54, 1.807) is 48.5 Å². The molecule has 19 heavy (non-hydrogen) atoms. The van der Waals surface area contributed by atoms with Crippen LogP contribution in [0, 0.1) is 0 Å². The Morgan fingerprint density at radius 3 is 1.84 bits per heavy atom. The average Bonchev–Trinajstić information content (AvgIpc) is 2.40. The molecule has 0 aliphatic rings. The minimum atomic E-state index is -3.81. The fraction of sp³-hybridized carbons (Fsp3) is 0. The second-order valence-corrected chi connectivity index (χ2v) is 5.30. The first-order valence-corrected chi connectivity index (χ1v) is 6.75. The maximum absolute atomic E-state index is 11.9. The van der Waals surface area contributed by atoms with E-state index in [4.69, 9.17) is 0 Å². The van der Waals surface area contributed by atoms with Gasteiger partial charge in [-0.2, -0.15) is 0 Å². The maximum atomic E-state index is 11.9. The van der Waals surface area contributed by atoms with Crippen molar-refractivity contribution in [1.29, 1.82) is 0 Å². The predicted molar refractivity (Wildman–Crippen MR) is 74.7 cm³/mol. The van der Waals surface area contributed by atoms with Gasteiger partial charge in [-0.05, 0) is 24.3 Å². The summed E-state index contributed by atoms with van der Waals surface area (Å²) in [6.07, 6.45) is 0. The summed E-state index contributed by atoms with van der Waals surface area (Å²) < 4.78 is 25.8. The molecule has 0 heterocycles. The number of hydrogen-bond donors (Lipinski definition) is 1. The van der Waals surface area contributed by atoms with Crippen molar-refractivity contribution in [3.63, 3.8) is 0 Å². The molecule has 1 N–H and O–H groups in total. The number of carbonyl (C=O) groups excluding carboxylic acids is 1. The number of benzene rings is 2. The first-order chi connectivity index (χ1) is 8.59. The molecule has 1 amide bonds. The van der Waals surface area contributed by atoms with Gasteiger partial charge < -0.3 is 0 Å². The van der Waals surface area contributed by atoms with Crippen molar-refractivity contribution in [3.05, 3.63) is 66.2 Å². The van der Waals surface area contributed by atoms with Gasteiger partial charge in [-0.25, -0.2) is 13.1 Å². The summed E-state index contributed by atoms with van der Waals surface area (Å²) in [6, 6.07) is 16.0. The molecule has 4 nitrogen and oxygen atoms in total. The third-order valence-corrected chi connectivity index (χ3v) is 3.66. The molecule has 0 bridgehead atoms. The standard InChI is InChI=1S/C13H11NO3S.K.H/c15-13(11-7-3-1-4-8-11)14-18(16,17)12-9-5-2-6-10-12;;/h1-10H,(H,14,15);;. The van der Waals surface area contributed by atoms with Crippen molar-refractivity contribution < 1.29 is 13.2 Å². The number of carbonyl (C=O) groups is 1. The second-order valence-electron chi connectivity index (χ2n) is 3.61.